The van der Waals surface area contributed by atoms with E-state index in [0.717, 1.165) is 17.4 Å². The van der Waals surface area contributed by atoms with Crippen LogP contribution in [0.3, 0.4) is 0 Å². The van der Waals surface area contributed by atoms with Gasteiger partial charge in [-0.1, -0.05) is 55.0 Å². The van der Waals surface area contributed by atoms with Crippen molar-refractivity contribution in [3.05, 3.63) is 59.2 Å². The molecular formula is C22H30O4. The quantitative estimate of drug-likeness (QED) is 0.391. The van der Waals surface area contributed by atoms with Gasteiger partial charge in [0.15, 0.2) is 5.79 Å². The number of hydrogen-bond acceptors (Lipinski definition) is 4. The molecule has 0 N–H and O–H groups in total. The highest BCUT2D eigenvalue weighted by atomic mass is 16.7. The Kier molecular flexibility index (Phi) is 7.33. The predicted octanol–water partition coefficient (Wildman–Crippen LogP) is 4.45. The van der Waals surface area contributed by atoms with E-state index < -0.39 is 5.79 Å². The number of carbonyl (C=O) groups is 1. The molecule has 0 amide bonds. The molecule has 4 nitrogen and oxygen atoms in total. The minimum atomic E-state index is -0.592. The summed E-state index contributed by atoms with van der Waals surface area (Å²) < 4.78 is 18.1. The van der Waals surface area contributed by atoms with E-state index in [4.69, 9.17) is 14.2 Å². The van der Waals surface area contributed by atoms with Crippen molar-refractivity contribution in [2.45, 2.75) is 59.2 Å². The van der Waals surface area contributed by atoms with E-state index in [9.17, 15) is 4.79 Å². The van der Waals surface area contributed by atoms with Gasteiger partial charge in [0.1, 0.15) is 12.4 Å². The maximum Gasteiger partial charge on any atom is 0.163 e. The van der Waals surface area contributed by atoms with Crippen molar-refractivity contribution in [1.82, 2.24) is 0 Å². The van der Waals surface area contributed by atoms with Crippen LogP contribution in [-0.2, 0) is 25.6 Å². The Bertz CT molecular complexity index is 645. The standard InChI is InChI=1S/C22H30O4/c1-16(11-17(2)13-23)12-18(3)21(20-15-25-22(4,5)26-20)24-14-19-9-7-6-8-10-19/h6-13,18,20-21H,14-15H2,1-5H3/b16-12+,17-11+/t18-,20-,21+/m1/s1. The minimum Gasteiger partial charge on any atom is -0.370 e. The Morgan fingerprint density at radius 2 is 1.96 bits per heavy atom. The Morgan fingerprint density at radius 3 is 2.54 bits per heavy atom. The average Bonchev–Trinajstić information content (AvgIpc) is 2.95. The van der Waals surface area contributed by atoms with Crippen molar-refractivity contribution in [2.75, 3.05) is 6.61 Å². The highest BCUT2D eigenvalue weighted by molar-refractivity contribution is 5.73. The second kappa shape index (κ2) is 9.26. The number of benzene rings is 1. The molecule has 0 radical (unpaired) electrons. The molecule has 1 fully saturated rings. The van der Waals surface area contributed by atoms with Gasteiger partial charge in [-0.25, -0.2) is 0 Å². The van der Waals surface area contributed by atoms with Crippen LogP contribution in [0, 0.1) is 5.92 Å². The molecule has 0 bridgehead atoms. The molecule has 4 heteroatoms. The van der Waals surface area contributed by atoms with E-state index in [-0.39, 0.29) is 18.1 Å². The molecule has 0 aromatic heterocycles. The summed E-state index contributed by atoms with van der Waals surface area (Å²) in [5.41, 5.74) is 2.86. The van der Waals surface area contributed by atoms with E-state index in [1.807, 2.05) is 45.0 Å². The lowest BCUT2D eigenvalue weighted by Crippen LogP contribution is -2.37. The monoisotopic (exact) mass is 358 g/mol. The van der Waals surface area contributed by atoms with Gasteiger partial charge in [0, 0.05) is 5.92 Å². The normalized spacial score (nSPS) is 22.9. The summed E-state index contributed by atoms with van der Waals surface area (Å²) in [5.74, 6) is -0.484. The molecule has 0 saturated carbocycles. The first kappa shape index (κ1) is 20.6. The molecular weight excluding hydrogens is 328 g/mol. The largest absolute Gasteiger partial charge is 0.370 e. The van der Waals surface area contributed by atoms with E-state index in [1.54, 1.807) is 6.92 Å². The van der Waals surface area contributed by atoms with Gasteiger partial charge in [0.05, 0.1) is 19.3 Å². The Labute approximate surface area is 156 Å². The molecule has 1 aliphatic rings. The van der Waals surface area contributed by atoms with Crippen LogP contribution in [0.2, 0.25) is 0 Å². The summed E-state index contributed by atoms with van der Waals surface area (Å²) in [5, 5.41) is 0. The summed E-state index contributed by atoms with van der Waals surface area (Å²) in [4.78, 5) is 10.8. The number of hydrogen-bond donors (Lipinski definition) is 0. The highest BCUT2D eigenvalue weighted by Crippen LogP contribution is 2.29. The van der Waals surface area contributed by atoms with Crippen LogP contribution in [0.15, 0.2) is 53.6 Å². The molecule has 1 saturated heterocycles. The third-order valence-electron chi connectivity index (χ3n) is 4.37. The topological polar surface area (TPSA) is 44.8 Å². The zero-order chi connectivity index (χ0) is 19.2. The molecule has 0 spiro atoms. The Hall–Kier alpha value is -1.75. The Balaban J connectivity index is 2.14. The molecule has 26 heavy (non-hydrogen) atoms. The lowest BCUT2D eigenvalue weighted by molar-refractivity contribution is -0.161. The van der Waals surface area contributed by atoms with Gasteiger partial charge in [-0.05, 0) is 38.8 Å². The SMILES string of the molecule is C/C(C=O)=C\C(C)=C\[C@@H](C)[C@H](OCc1ccccc1)[C@H]1COC(C)(C)O1. The molecule has 142 valence electrons. The van der Waals surface area contributed by atoms with Crippen LogP contribution in [0.5, 0.6) is 0 Å². The first-order chi connectivity index (χ1) is 12.3. The highest BCUT2D eigenvalue weighted by Gasteiger charge is 2.39. The van der Waals surface area contributed by atoms with Gasteiger partial charge in [-0.3, -0.25) is 4.79 Å². The van der Waals surface area contributed by atoms with Gasteiger partial charge < -0.3 is 14.2 Å². The fraction of sp³-hybridized carbons (Fsp3) is 0.500. The molecule has 3 atom stereocenters. The molecule has 1 aromatic rings. The fourth-order valence-electron chi connectivity index (χ4n) is 3.19. The van der Waals surface area contributed by atoms with Crippen LogP contribution in [0.4, 0.5) is 0 Å². The summed E-state index contributed by atoms with van der Waals surface area (Å²) >= 11 is 0. The van der Waals surface area contributed by atoms with Crippen LogP contribution in [0.1, 0.15) is 40.2 Å². The third-order valence-corrected chi connectivity index (χ3v) is 4.37. The van der Waals surface area contributed by atoms with Crippen LogP contribution in [-0.4, -0.2) is 30.9 Å². The van der Waals surface area contributed by atoms with Crippen molar-refractivity contribution >= 4 is 6.29 Å². The van der Waals surface area contributed by atoms with Crippen molar-refractivity contribution in [3.63, 3.8) is 0 Å². The van der Waals surface area contributed by atoms with Gasteiger partial charge in [0.2, 0.25) is 0 Å². The molecule has 1 aromatic carbocycles. The van der Waals surface area contributed by atoms with Crippen molar-refractivity contribution in [3.8, 4) is 0 Å². The molecule has 2 rings (SSSR count). The second-order valence-electron chi connectivity index (χ2n) is 7.40. The van der Waals surface area contributed by atoms with Gasteiger partial charge in [-0.2, -0.15) is 0 Å². The first-order valence-electron chi connectivity index (χ1n) is 9.10. The van der Waals surface area contributed by atoms with E-state index >= 15 is 0 Å². The predicted molar refractivity (Wildman–Crippen MR) is 103 cm³/mol. The lowest BCUT2D eigenvalue weighted by Gasteiger charge is -2.28. The van der Waals surface area contributed by atoms with E-state index in [1.165, 1.54) is 0 Å². The maximum absolute atomic E-state index is 10.8. The number of rotatable bonds is 8. The van der Waals surface area contributed by atoms with Crippen molar-refractivity contribution < 1.29 is 19.0 Å². The van der Waals surface area contributed by atoms with Crippen LogP contribution >= 0.6 is 0 Å². The number of ether oxygens (including phenoxy) is 3. The second-order valence-corrected chi connectivity index (χ2v) is 7.40. The lowest BCUT2D eigenvalue weighted by atomic mass is 9.96. The van der Waals surface area contributed by atoms with Crippen molar-refractivity contribution in [1.29, 1.82) is 0 Å². The molecule has 0 unspecified atom stereocenters. The number of aldehydes is 1. The zero-order valence-corrected chi connectivity index (χ0v) is 16.4. The fourth-order valence-corrected chi connectivity index (χ4v) is 3.19. The third kappa shape index (κ3) is 6.20. The number of allylic oxidation sites excluding steroid dienone is 3. The van der Waals surface area contributed by atoms with Gasteiger partial charge in [-0.15, -0.1) is 0 Å². The zero-order valence-electron chi connectivity index (χ0n) is 16.4. The van der Waals surface area contributed by atoms with E-state index in [0.29, 0.717) is 18.8 Å². The molecule has 1 heterocycles. The molecule has 1 aliphatic heterocycles. The maximum atomic E-state index is 10.8. The van der Waals surface area contributed by atoms with Crippen LogP contribution < -0.4 is 0 Å². The smallest absolute Gasteiger partial charge is 0.163 e. The van der Waals surface area contributed by atoms with Gasteiger partial charge in [0.25, 0.3) is 0 Å². The summed E-state index contributed by atoms with van der Waals surface area (Å²) in [6.07, 6.45) is 4.59. The molecule has 0 aliphatic carbocycles. The Morgan fingerprint density at radius 1 is 1.27 bits per heavy atom. The summed E-state index contributed by atoms with van der Waals surface area (Å²) in [6.45, 7) is 10.8. The van der Waals surface area contributed by atoms with Crippen molar-refractivity contribution in [2.24, 2.45) is 5.92 Å². The number of carbonyl (C=O) groups excluding carboxylic acids is 1. The van der Waals surface area contributed by atoms with Crippen LogP contribution in [0.25, 0.3) is 0 Å². The van der Waals surface area contributed by atoms with Gasteiger partial charge >= 0.3 is 0 Å². The summed E-state index contributed by atoms with van der Waals surface area (Å²) in [6, 6.07) is 10.1. The first-order valence-corrected chi connectivity index (χ1v) is 9.10. The average molecular weight is 358 g/mol. The minimum absolute atomic E-state index is 0.108. The van der Waals surface area contributed by atoms with E-state index in [2.05, 4.69) is 25.1 Å². The summed E-state index contributed by atoms with van der Waals surface area (Å²) in [7, 11) is 0.